The van der Waals surface area contributed by atoms with Crippen LogP contribution in [-0.4, -0.2) is 29.1 Å². The fraction of sp³-hybridized carbons (Fsp3) is 0.412. The summed E-state index contributed by atoms with van der Waals surface area (Å²) in [6.45, 7) is 7.89. The van der Waals surface area contributed by atoms with Crippen LogP contribution in [-0.2, 0) is 13.0 Å². The Bertz CT molecular complexity index is 701. The molecule has 0 unspecified atom stereocenters. The van der Waals surface area contributed by atoms with E-state index in [2.05, 4.69) is 27.5 Å². The van der Waals surface area contributed by atoms with Gasteiger partial charge in [-0.3, -0.25) is 0 Å². The molecule has 138 valence electrons. The summed E-state index contributed by atoms with van der Waals surface area (Å²) in [5, 5.41) is 16.7. The van der Waals surface area contributed by atoms with E-state index >= 15 is 0 Å². The Morgan fingerprint density at radius 1 is 1.32 bits per heavy atom. The normalized spacial score (nSPS) is 11.1. The molecule has 8 heteroatoms. The number of hydrogen-bond acceptors (Lipinski definition) is 4. The minimum Gasteiger partial charge on any atom is -0.505 e. The highest BCUT2D eigenvalue weighted by atomic mass is 127. The van der Waals surface area contributed by atoms with Gasteiger partial charge in [-0.15, -0.1) is 35.3 Å². The zero-order chi connectivity index (χ0) is 17.5. The third-order valence-corrected chi connectivity index (χ3v) is 4.61. The Morgan fingerprint density at radius 2 is 2.08 bits per heavy atom. The third-order valence-electron chi connectivity index (χ3n) is 3.48. The molecule has 0 atom stereocenters. The molecule has 5 nitrogen and oxygen atoms in total. The Kier molecular flexibility index (Phi) is 9.12. The molecule has 1 aromatic heterocycles. The molecular formula is C17H24FIN4OS. The van der Waals surface area contributed by atoms with E-state index < -0.39 is 5.82 Å². The van der Waals surface area contributed by atoms with Gasteiger partial charge in [0.25, 0.3) is 0 Å². The van der Waals surface area contributed by atoms with Crippen LogP contribution in [0.4, 0.5) is 4.39 Å². The van der Waals surface area contributed by atoms with Crippen LogP contribution in [0.5, 0.6) is 5.75 Å². The van der Waals surface area contributed by atoms with Crippen molar-refractivity contribution in [1.29, 1.82) is 0 Å². The summed E-state index contributed by atoms with van der Waals surface area (Å²) >= 11 is 1.72. The number of benzene rings is 1. The zero-order valence-corrected chi connectivity index (χ0v) is 17.7. The van der Waals surface area contributed by atoms with E-state index in [1.165, 1.54) is 17.0 Å². The molecule has 0 bridgehead atoms. The Balaban J connectivity index is 0.00000312. The Hall–Kier alpha value is -1.42. The maximum Gasteiger partial charge on any atom is 0.191 e. The lowest BCUT2D eigenvalue weighted by molar-refractivity contribution is 0.432. The third kappa shape index (κ3) is 6.77. The molecule has 0 radical (unpaired) electrons. The topological polar surface area (TPSA) is 69.5 Å². The first kappa shape index (κ1) is 21.6. The van der Waals surface area contributed by atoms with Crippen molar-refractivity contribution < 1.29 is 9.50 Å². The van der Waals surface area contributed by atoms with Crippen molar-refractivity contribution in [2.45, 2.75) is 33.7 Å². The summed E-state index contributed by atoms with van der Waals surface area (Å²) in [6.07, 6.45) is 0.831. The summed E-state index contributed by atoms with van der Waals surface area (Å²) in [6, 6.07) is 4.30. The number of nitrogens with zero attached hydrogens (tertiary/aromatic N) is 2. The molecule has 25 heavy (non-hydrogen) atoms. The molecule has 3 N–H and O–H groups in total. The summed E-state index contributed by atoms with van der Waals surface area (Å²) in [4.78, 5) is 10.2. The lowest BCUT2D eigenvalue weighted by atomic mass is 10.2. The van der Waals surface area contributed by atoms with Gasteiger partial charge < -0.3 is 15.7 Å². The van der Waals surface area contributed by atoms with Gasteiger partial charge in [0.1, 0.15) is 0 Å². The van der Waals surface area contributed by atoms with Crippen LogP contribution in [0.3, 0.4) is 0 Å². The van der Waals surface area contributed by atoms with Gasteiger partial charge in [-0.2, -0.15) is 0 Å². The SMILES string of the molecule is CCNC(=NCc1ccc(O)c(F)c1)NCCc1nc(C)c(C)s1.I. The summed E-state index contributed by atoms with van der Waals surface area (Å²) < 4.78 is 13.3. The maximum atomic E-state index is 13.3. The van der Waals surface area contributed by atoms with Gasteiger partial charge in [-0.25, -0.2) is 14.4 Å². The summed E-state index contributed by atoms with van der Waals surface area (Å²) in [7, 11) is 0. The minimum atomic E-state index is -0.629. The van der Waals surface area contributed by atoms with Crippen molar-refractivity contribution >= 4 is 41.3 Å². The summed E-state index contributed by atoms with van der Waals surface area (Å²) in [5.74, 6) is -0.298. The highest BCUT2D eigenvalue weighted by molar-refractivity contribution is 14.0. The zero-order valence-electron chi connectivity index (χ0n) is 14.6. The van der Waals surface area contributed by atoms with Crippen LogP contribution in [0.2, 0.25) is 0 Å². The highest BCUT2D eigenvalue weighted by Crippen LogP contribution is 2.17. The van der Waals surface area contributed by atoms with E-state index in [-0.39, 0.29) is 29.7 Å². The predicted octanol–water partition coefficient (Wildman–Crippen LogP) is 3.52. The highest BCUT2D eigenvalue weighted by Gasteiger charge is 2.05. The molecule has 0 saturated heterocycles. The van der Waals surface area contributed by atoms with Gasteiger partial charge in [-0.1, -0.05) is 6.07 Å². The number of thiazole rings is 1. The Labute approximate surface area is 168 Å². The number of aryl methyl sites for hydroxylation is 2. The number of aliphatic imine (C=N–C) groups is 1. The van der Waals surface area contributed by atoms with E-state index in [1.807, 2.05) is 13.8 Å². The average molecular weight is 478 g/mol. The van der Waals surface area contributed by atoms with Gasteiger partial charge >= 0.3 is 0 Å². The molecule has 1 aromatic carbocycles. The number of aromatic nitrogens is 1. The first-order chi connectivity index (χ1) is 11.5. The lowest BCUT2D eigenvalue weighted by Crippen LogP contribution is -2.38. The van der Waals surface area contributed by atoms with Crippen LogP contribution < -0.4 is 10.6 Å². The van der Waals surface area contributed by atoms with Crippen molar-refractivity contribution in [3.05, 3.63) is 45.2 Å². The summed E-state index contributed by atoms with van der Waals surface area (Å²) in [5.41, 5.74) is 1.79. The smallest absolute Gasteiger partial charge is 0.191 e. The van der Waals surface area contributed by atoms with Crippen LogP contribution in [0.15, 0.2) is 23.2 Å². The van der Waals surface area contributed by atoms with Crippen LogP contribution in [0.25, 0.3) is 0 Å². The second-order valence-corrected chi connectivity index (χ2v) is 6.69. The number of nitrogens with one attached hydrogen (secondary N) is 2. The molecule has 0 amide bonds. The Morgan fingerprint density at radius 3 is 2.68 bits per heavy atom. The number of hydrogen-bond donors (Lipinski definition) is 3. The molecule has 0 aliphatic heterocycles. The predicted molar refractivity (Wildman–Crippen MR) is 112 cm³/mol. The largest absolute Gasteiger partial charge is 0.505 e. The molecule has 0 aliphatic rings. The number of rotatable bonds is 6. The molecular weight excluding hydrogens is 454 g/mol. The molecule has 2 rings (SSSR count). The van der Waals surface area contributed by atoms with E-state index in [0.29, 0.717) is 18.1 Å². The molecule has 0 saturated carbocycles. The first-order valence-electron chi connectivity index (χ1n) is 7.92. The second-order valence-electron chi connectivity index (χ2n) is 5.41. The van der Waals surface area contributed by atoms with Crippen LogP contribution in [0.1, 0.15) is 28.1 Å². The van der Waals surface area contributed by atoms with E-state index in [1.54, 1.807) is 17.4 Å². The van der Waals surface area contributed by atoms with Gasteiger partial charge in [0.2, 0.25) is 0 Å². The van der Waals surface area contributed by atoms with Crippen molar-refractivity contribution in [1.82, 2.24) is 15.6 Å². The number of halogens is 2. The van der Waals surface area contributed by atoms with E-state index in [0.717, 1.165) is 30.2 Å². The number of phenols is 1. The fourth-order valence-corrected chi connectivity index (χ4v) is 3.03. The van der Waals surface area contributed by atoms with Gasteiger partial charge in [0.15, 0.2) is 17.5 Å². The van der Waals surface area contributed by atoms with E-state index in [4.69, 9.17) is 0 Å². The minimum absolute atomic E-state index is 0. The molecule has 0 fully saturated rings. The van der Waals surface area contributed by atoms with E-state index in [9.17, 15) is 9.50 Å². The number of phenolic OH excluding ortho intramolecular Hbond substituents is 1. The molecule has 0 spiro atoms. The van der Waals surface area contributed by atoms with Crippen molar-refractivity contribution in [3.8, 4) is 5.75 Å². The van der Waals surface area contributed by atoms with Crippen LogP contribution >= 0.6 is 35.3 Å². The monoisotopic (exact) mass is 478 g/mol. The number of guanidine groups is 1. The van der Waals surface area contributed by atoms with Gasteiger partial charge in [0, 0.05) is 24.4 Å². The van der Waals surface area contributed by atoms with Crippen molar-refractivity contribution in [2.24, 2.45) is 4.99 Å². The maximum absolute atomic E-state index is 13.3. The lowest BCUT2D eigenvalue weighted by Gasteiger charge is -2.10. The van der Waals surface area contributed by atoms with Gasteiger partial charge in [-0.05, 0) is 38.5 Å². The second kappa shape index (κ2) is 10.5. The fourth-order valence-electron chi connectivity index (χ4n) is 2.09. The molecule has 0 aliphatic carbocycles. The van der Waals surface area contributed by atoms with Crippen molar-refractivity contribution in [3.63, 3.8) is 0 Å². The molecule has 1 heterocycles. The number of aromatic hydroxyl groups is 1. The van der Waals surface area contributed by atoms with Crippen LogP contribution in [0, 0.1) is 19.7 Å². The standard InChI is InChI=1S/C17H23FN4OS.HI/c1-4-19-17(20-8-7-16-22-11(2)12(3)24-16)21-10-13-5-6-15(23)14(18)9-13;/h5-6,9,23H,4,7-8,10H2,1-3H3,(H2,19,20,21);1H. The van der Waals surface area contributed by atoms with Gasteiger partial charge in [0.05, 0.1) is 17.2 Å². The molecule has 2 aromatic rings. The quantitative estimate of drug-likeness (QED) is 0.338. The van der Waals surface area contributed by atoms with Crippen molar-refractivity contribution in [2.75, 3.05) is 13.1 Å². The first-order valence-corrected chi connectivity index (χ1v) is 8.73. The average Bonchev–Trinajstić information content (AvgIpc) is 2.86.